The molecule has 0 aromatic carbocycles. The van der Waals surface area contributed by atoms with E-state index in [0.29, 0.717) is 23.4 Å². The molecule has 2 unspecified atom stereocenters. The monoisotopic (exact) mass is 291 g/mol. The number of rotatable bonds is 6. The van der Waals surface area contributed by atoms with Crippen molar-refractivity contribution in [2.75, 3.05) is 6.54 Å². The number of aromatic nitrogens is 2. The summed E-state index contributed by atoms with van der Waals surface area (Å²) in [5.74, 6) is 0.670. The lowest BCUT2D eigenvalue weighted by Gasteiger charge is -2.56. The van der Waals surface area contributed by atoms with Gasteiger partial charge in [-0.25, -0.2) is 0 Å². The lowest BCUT2D eigenvalue weighted by Crippen LogP contribution is -2.58. The van der Waals surface area contributed by atoms with Crippen LogP contribution in [0.3, 0.4) is 0 Å². The maximum atomic E-state index is 4.81. The average molecular weight is 291 g/mol. The Balaban J connectivity index is 2.39. The first-order valence-electron chi connectivity index (χ1n) is 8.71. The third-order valence-corrected chi connectivity index (χ3v) is 5.84. The maximum Gasteiger partial charge on any atom is 0.0631 e. The summed E-state index contributed by atoms with van der Waals surface area (Å²) < 4.78 is 2.21. The predicted molar refractivity (Wildman–Crippen MR) is 89.9 cm³/mol. The smallest absolute Gasteiger partial charge is 0.0631 e. The third kappa shape index (κ3) is 2.44. The second-order valence-electron chi connectivity index (χ2n) is 6.96. The average Bonchev–Trinajstić information content (AvgIpc) is 2.72. The number of nitrogens with zero attached hydrogens (tertiary/aromatic N) is 2. The van der Waals surface area contributed by atoms with Gasteiger partial charge in [-0.15, -0.1) is 0 Å². The number of nitrogens with one attached hydrogen (secondary N) is 1. The summed E-state index contributed by atoms with van der Waals surface area (Å²) in [6, 6.07) is 1.11. The fourth-order valence-corrected chi connectivity index (χ4v) is 4.64. The Morgan fingerprint density at radius 2 is 1.86 bits per heavy atom. The fraction of sp³-hybridized carbons (Fsp3) is 0.833. The highest BCUT2D eigenvalue weighted by molar-refractivity contribution is 5.35. The molecule has 1 aliphatic carbocycles. The van der Waals surface area contributed by atoms with E-state index in [4.69, 9.17) is 5.10 Å². The van der Waals surface area contributed by atoms with Gasteiger partial charge in [-0.3, -0.25) is 4.68 Å². The van der Waals surface area contributed by atoms with Gasteiger partial charge in [0, 0.05) is 17.8 Å². The zero-order valence-electron chi connectivity index (χ0n) is 15.0. The van der Waals surface area contributed by atoms with E-state index in [0.717, 1.165) is 6.54 Å². The van der Waals surface area contributed by atoms with Crippen molar-refractivity contribution in [3.63, 3.8) is 0 Å². The van der Waals surface area contributed by atoms with Crippen molar-refractivity contribution in [1.29, 1.82) is 0 Å². The molecule has 3 heteroatoms. The molecule has 1 N–H and O–H groups in total. The first-order chi connectivity index (χ1) is 9.92. The normalized spacial score (nSPS) is 24.4. The zero-order valence-corrected chi connectivity index (χ0v) is 15.0. The Morgan fingerprint density at radius 3 is 2.29 bits per heavy atom. The predicted octanol–water partition coefficient (Wildman–Crippen LogP) is 4.35. The number of hydrogen-bond donors (Lipinski definition) is 1. The molecule has 2 rings (SSSR count). The Hall–Kier alpha value is -0.830. The topological polar surface area (TPSA) is 29.9 Å². The van der Waals surface area contributed by atoms with Crippen molar-refractivity contribution < 1.29 is 0 Å². The van der Waals surface area contributed by atoms with E-state index in [1.165, 1.54) is 36.2 Å². The van der Waals surface area contributed by atoms with E-state index in [1.54, 1.807) is 0 Å². The van der Waals surface area contributed by atoms with Crippen LogP contribution in [0.5, 0.6) is 0 Å². The molecule has 0 amide bonds. The molecule has 0 aliphatic heterocycles. The molecule has 0 spiro atoms. The summed E-state index contributed by atoms with van der Waals surface area (Å²) >= 11 is 0. The van der Waals surface area contributed by atoms with Crippen molar-refractivity contribution in [1.82, 2.24) is 15.1 Å². The van der Waals surface area contributed by atoms with Gasteiger partial charge in [0.25, 0.3) is 0 Å². The molecule has 0 bridgehead atoms. The van der Waals surface area contributed by atoms with E-state index in [9.17, 15) is 0 Å². The molecule has 1 fully saturated rings. The van der Waals surface area contributed by atoms with Crippen LogP contribution < -0.4 is 5.32 Å². The Morgan fingerprint density at radius 1 is 1.24 bits per heavy atom. The number of hydrogen-bond acceptors (Lipinski definition) is 2. The van der Waals surface area contributed by atoms with Crippen molar-refractivity contribution in [3.05, 3.63) is 17.0 Å². The van der Waals surface area contributed by atoms with Crippen LogP contribution in [0.1, 0.15) is 82.8 Å². The summed E-state index contributed by atoms with van der Waals surface area (Å²) in [6.45, 7) is 16.9. The second-order valence-corrected chi connectivity index (χ2v) is 6.96. The lowest BCUT2D eigenvalue weighted by atomic mass is 9.51. The quantitative estimate of drug-likeness (QED) is 0.844. The molecule has 21 heavy (non-hydrogen) atoms. The van der Waals surface area contributed by atoms with E-state index in [2.05, 4.69) is 58.5 Å². The highest BCUT2D eigenvalue weighted by Crippen LogP contribution is 2.58. The fourth-order valence-electron chi connectivity index (χ4n) is 4.64. The van der Waals surface area contributed by atoms with Crippen LogP contribution in [-0.2, 0) is 0 Å². The summed E-state index contributed by atoms with van der Waals surface area (Å²) in [6.07, 6.45) is 3.76. The standard InChI is InChI=1S/C18H33N3/c1-8-18(9-2)15(11-16(18)19-10-3)17-13(6)20-21(12(4)5)14(17)7/h12,15-16,19H,8-11H2,1-7H3. The zero-order chi connectivity index (χ0) is 15.8. The molecule has 0 radical (unpaired) electrons. The first-order valence-corrected chi connectivity index (χ1v) is 8.71. The maximum absolute atomic E-state index is 4.81. The first kappa shape index (κ1) is 16.5. The van der Waals surface area contributed by atoms with Gasteiger partial charge in [0.15, 0.2) is 0 Å². The van der Waals surface area contributed by atoms with E-state index in [1.807, 2.05) is 0 Å². The van der Waals surface area contributed by atoms with Crippen molar-refractivity contribution in [3.8, 4) is 0 Å². The lowest BCUT2D eigenvalue weighted by molar-refractivity contribution is 0.0203. The van der Waals surface area contributed by atoms with Gasteiger partial charge >= 0.3 is 0 Å². The van der Waals surface area contributed by atoms with Crippen molar-refractivity contribution >= 4 is 0 Å². The van der Waals surface area contributed by atoms with Crippen molar-refractivity contribution in [2.24, 2.45) is 5.41 Å². The minimum Gasteiger partial charge on any atom is -0.314 e. The molecule has 2 atom stereocenters. The molecule has 3 nitrogen and oxygen atoms in total. The van der Waals surface area contributed by atoms with E-state index >= 15 is 0 Å². The molecule has 120 valence electrons. The molecular formula is C18H33N3. The van der Waals surface area contributed by atoms with E-state index in [-0.39, 0.29) is 0 Å². The van der Waals surface area contributed by atoms with Gasteiger partial charge in [-0.05, 0) is 70.4 Å². The summed E-state index contributed by atoms with van der Waals surface area (Å²) in [7, 11) is 0. The van der Waals surface area contributed by atoms with Gasteiger partial charge in [0.2, 0.25) is 0 Å². The van der Waals surface area contributed by atoms with Crippen LogP contribution in [-0.4, -0.2) is 22.4 Å². The van der Waals surface area contributed by atoms with Crippen molar-refractivity contribution in [2.45, 2.75) is 85.7 Å². The van der Waals surface area contributed by atoms with Gasteiger partial charge < -0.3 is 5.32 Å². The second kappa shape index (κ2) is 6.12. The Bertz CT molecular complexity index is 483. The van der Waals surface area contributed by atoms with Crippen LogP contribution >= 0.6 is 0 Å². The van der Waals surface area contributed by atoms with Gasteiger partial charge in [0.1, 0.15) is 0 Å². The van der Waals surface area contributed by atoms with Crippen LogP contribution in [0.4, 0.5) is 0 Å². The van der Waals surface area contributed by atoms with Crippen LogP contribution in [0, 0.1) is 19.3 Å². The van der Waals surface area contributed by atoms with Crippen LogP contribution in [0.2, 0.25) is 0 Å². The molecule has 1 aromatic rings. The highest BCUT2D eigenvalue weighted by Gasteiger charge is 2.53. The van der Waals surface area contributed by atoms with Crippen LogP contribution in [0.25, 0.3) is 0 Å². The Kier molecular flexibility index (Phi) is 4.82. The van der Waals surface area contributed by atoms with Gasteiger partial charge in [-0.1, -0.05) is 20.8 Å². The van der Waals surface area contributed by atoms with Crippen LogP contribution in [0.15, 0.2) is 0 Å². The molecule has 1 saturated carbocycles. The number of aryl methyl sites for hydroxylation is 1. The molecule has 1 aromatic heterocycles. The largest absolute Gasteiger partial charge is 0.314 e. The van der Waals surface area contributed by atoms with Gasteiger partial charge in [0.05, 0.1) is 5.69 Å². The summed E-state index contributed by atoms with van der Waals surface area (Å²) in [4.78, 5) is 0. The summed E-state index contributed by atoms with van der Waals surface area (Å²) in [5.41, 5.74) is 4.57. The SMILES string of the molecule is CCNC1CC(c2c(C)nn(C(C)C)c2C)C1(CC)CC. The highest BCUT2D eigenvalue weighted by atomic mass is 15.3. The minimum absolute atomic E-state index is 0.413. The third-order valence-electron chi connectivity index (χ3n) is 5.84. The molecule has 1 heterocycles. The Labute approximate surface area is 130 Å². The summed E-state index contributed by atoms with van der Waals surface area (Å²) in [5, 5.41) is 8.53. The van der Waals surface area contributed by atoms with E-state index < -0.39 is 0 Å². The molecular weight excluding hydrogens is 258 g/mol. The molecule has 1 aliphatic rings. The van der Waals surface area contributed by atoms with Gasteiger partial charge in [-0.2, -0.15) is 5.10 Å². The molecule has 0 saturated heterocycles. The minimum atomic E-state index is 0.413.